The number of carbonyl (C=O) groups excluding carboxylic acids is 1. The second-order valence-corrected chi connectivity index (χ2v) is 4.86. The SMILES string of the molecule is COC(=O)c1cc(N2CCCC(CCO)C2)ccn1. The number of carbonyl (C=O) groups is 1. The van der Waals surface area contributed by atoms with Crippen LogP contribution < -0.4 is 4.90 Å². The Balaban J connectivity index is 2.10. The van der Waals surface area contributed by atoms with E-state index in [1.54, 1.807) is 12.3 Å². The second-order valence-electron chi connectivity index (χ2n) is 4.86. The molecular weight excluding hydrogens is 244 g/mol. The number of piperidine rings is 1. The molecule has 0 aliphatic carbocycles. The van der Waals surface area contributed by atoms with Crippen LogP contribution in [0.5, 0.6) is 0 Å². The molecule has 0 saturated carbocycles. The van der Waals surface area contributed by atoms with Crippen LogP contribution in [-0.2, 0) is 4.74 Å². The number of aliphatic hydroxyl groups excluding tert-OH is 1. The van der Waals surface area contributed by atoms with Gasteiger partial charge in [0.05, 0.1) is 7.11 Å². The van der Waals surface area contributed by atoms with Crippen LogP contribution in [0.2, 0.25) is 0 Å². The van der Waals surface area contributed by atoms with Gasteiger partial charge in [0.2, 0.25) is 0 Å². The Hall–Kier alpha value is -1.62. The Morgan fingerprint density at radius 3 is 3.21 bits per heavy atom. The van der Waals surface area contributed by atoms with E-state index >= 15 is 0 Å². The average molecular weight is 264 g/mol. The topological polar surface area (TPSA) is 62.7 Å². The Labute approximate surface area is 113 Å². The van der Waals surface area contributed by atoms with Gasteiger partial charge in [0.1, 0.15) is 5.69 Å². The quantitative estimate of drug-likeness (QED) is 0.834. The summed E-state index contributed by atoms with van der Waals surface area (Å²) in [4.78, 5) is 17.7. The highest BCUT2D eigenvalue weighted by Crippen LogP contribution is 2.25. The van der Waals surface area contributed by atoms with Crippen molar-refractivity contribution in [3.05, 3.63) is 24.0 Å². The average Bonchev–Trinajstić information content (AvgIpc) is 2.47. The number of hydrogen-bond acceptors (Lipinski definition) is 5. The minimum absolute atomic E-state index is 0.238. The number of anilines is 1. The molecule has 19 heavy (non-hydrogen) atoms. The maximum atomic E-state index is 11.5. The van der Waals surface area contributed by atoms with E-state index in [4.69, 9.17) is 5.11 Å². The number of nitrogens with zero attached hydrogens (tertiary/aromatic N) is 2. The summed E-state index contributed by atoms with van der Waals surface area (Å²) >= 11 is 0. The molecule has 0 bridgehead atoms. The summed E-state index contributed by atoms with van der Waals surface area (Å²) in [5.74, 6) is 0.110. The molecule has 2 rings (SSSR count). The van der Waals surface area contributed by atoms with Crippen molar-refractivity contribution in [1.82, 2.24) is 4.98 Å². The van der Waals surface area contributed by atoms with E-state index in [9.17, 15) is 4.79 Å². The number of pyridine rings is 1. The third kappa shape index (κ3) is 3.44. The van der Waals surface area contributed by atoms with Crippen molar-refractivity contribution in [3.8, 4) is 0 Å². The maximum absolute atomic E-state index is 11.5. The van der Waals surface area contributed by atoms with Gasteiger partial charge in [-0.3, -0.25) is 0 Å². The zero-order chi connectivity index (χ0) is 13.7. The number of rotatable bonds is 4. The summed E-state index contributed by atoms with van der Waals surface area (Å²) in [6, 6.07) is 3.68. The number of ether oxygens (including phenoxy) is 1. The van der Waals surface area contributed by atoms with Crippen LogP contribution in [0.4, 0.5) is 5.69 Å². The van der Waals surface area contributed by atoms with Crippen LogP contribution in [0, 0.1) is 5.92 Å². The smallest absolute Gasteiger partial charge is 0.356 e. The number of aliphatic hydroxyl groups is 1. The Morgan fingerprint density at radius 2 is 2.47 bits per heavy atom. The molecular formula is C14H20N2O3. The highest BCUT2D eigenvalue weighted by molar-refractivity contribution is 5.88. The standard InChI is InChI=1S/C14H20N2O3/c1-19-14(18)13-9-12(4-6-15-13)16-7-2-3-11(10-16)5-8-17/h4,6,9,11,17H,2-3,5,7-8,10H2,1H3. The van der Waals surface area contributed by atoms with Gasteiger partial charge in [0.15, 0.2) is 0 Å². The van der Waals surface area contributed by atoms with Crippen molar-refractivity contribution in [2.24, 2.45) is 5.92 Å². The van der Waals surface area contributed by atoms with Gasteiger partial charge in [-0.2, -0.15) is 0 Å². The fourth-order valence-corrected chi connectivity index (χ4v) is 2.55. The van der Waals surface area contributed by atoms with E-state index < -0.39 is 5.97 Å². The molecule has 0 radical (unpaired) electrons. The predicted octanol–water partition coefficient (Wildman–Crippen LogP) is 1.47. The molecule has 0 amide bonds. The van der Waals surface area contributed by atoms with Gasteiger partial charge in [-0.25, -0.2) is 9.78 Å². The van der Waals surface area contributed by atoms with E-state index in [1.807, 2.05) is 6.07 Å². The van der Waals surface area contributed by atoms with E-state index in [1.165, 1.54) is 7.11 Å². The van der Waals surface area contributed by atoms with Crippen LogP contribution in [0.15, 0.2) is 18.3 Å². The monoisotopic (exact) mass is 264 g/mol. The summed E-state index contributed by atoms with van der Waals surface area (Å²) in [5, 5.41) is 9.03. The first-order valence-electron chi connectivity index (χ1n) is 6.64. The molecule has 1 aliphatic rings. The Morgan fingerprint density at radius 1 is 1.63 bits per heavy atom. The van der Waals surface area contributed by atoms with E-state index in [-0.39, 0.29) is 6.61 Å². The maximum Gasteiger partial charge on any atom is 0.356 e. The predicted molar refractivity (Wildman–Crippen MR) is 72.2 cm³/mol. The first-order chi connectivity index (χ1) is 9.24. The van der Waals surface area contributed by atoms with Crippen molar-refractivity contribution in [3.63, 3.8) is 0 Å². The summed E-state index contributed by atoms with van der Waals surface area (Å²) in [6.45, 7) is 2.14. The van der Waals surface area contributed by atoms with E-state index in [0.717, 1.165) is 38.0 Å². The number of esters is 1. The minimum atomic E-state index is -0.411. The van der Waals surface area contributed by atoms with Crippen LogP contribution in [0.25, 0.3) is 0 Å². The van der Waals surface area contributed by atoms with Crippen molar-refractivity contribution in [2.45, 2.75) is 19.3 Å². The molecule has 104 valence electrons. The van der Waals surface area contributed by atoms with Crippen molar-refractivity contribution >= 4 is 11.7 Å². The van der Waals surface area contributed by atoms with Gasteiger partial charge in [0.25, 0.3) is 0 Å². The van der Waals surface area contributed by atoms with Gasteiger partial charge in [-0.05, 0) is 37.3 Å². The molecule has 1 saturated heterocycles. The van der Waals surface area contributed by atoms with Gasteiger partial charge < -0.3 is 14.7 Å². The Kier molecular flexibility index (Phi) is 4.74. The largest absolute Gasteiger partial charge is 0.464 e. The molecule has 1 atom stereocenters. The molecule has 1 aromatic heterocycles. The first-order valence-corrected chi connectivity index (χ1v) is 6.64. The van der Waals surface area contributed by atoms with E-state index in [0.29, 0.717) is 11.6 Å². The molecule has 0 spiro atoms. The zero-order valence-electron chi connectivity index (χ0n) is 11.2. The van der Waals surface area contributed by atoms with Gasteiger partial charge in [-0.15, -0.1) is 0 Å². The Bertz CT molecular complexity index is 434. The highest BCUT2D eigenvalue weighted by Gasteiger charge is 2.20. The fourth-order valence-electron chi connectivity index (χ4n) is 2.55. The van der Waals surface area contributed by atoms with Crippen LogP contribution in [0.3, 0.4) is 0 Å². The normalized spacial score (nSPS) is 19.3. The third-order valence-corrected chi connectivity index (χ3v) is 3.56. The molecule has 1 aliphatic heterocycles. The summed E-state index contributed by atoms with van der Waals surface area (Å²) in [5.41, 5.74) is 1.34. The highest BCUT2D eigenvalue weighted by atomic mass is 16.5. The lowest BCUT2D eigenvalue weighted by Crippen LogP contribution is -2.35. The van der Waals surface area contributed by atoms with Crippen LogP contribution in [0.1, 0.15) is 29.8 Å². The number of hydrogen-bond donors (Lipinski definition) is 1. The minimum Gasteiger partial charge on any atom is -0.464 e. The van der Waals surface area contributed by atoms with Gasteiger partial charge in [-0.1, -0.05) is 0 Å². The summed E-state index contributed by atoms with van der Waals surface area (Å²) in [7, 11) is 1.36. The summed E-state index contributed by atoms with van der Waals surface area (Å²) in [6.07, 6.45) is 4.75. The number of aromatic nitrogens is 1. The molecule has 5 heteroatoms. The van der Waals surface area contributed by atoms with Crippen molar-refractivity contribution in [2.75, 3.05) is 31.7 Å². The van der Waals surface area contributed by atoms with Gasteiger partial charge in [0, 0.05) is 31.6 Å². The zero-order valence-corrected chi connectivity index (χ0v) is 11.2. The lowest BCUT2D eigenvalue weighted by Gasteiger charge is -2.34. The summed E-state index contributed by atoms with van der Waals surface area (Å²) < 4.78 is 4.69. The van der Waals surface area contributed by atoms with E-state index in [2.05, 4.69) is 14.6 Å². The van der Waals surface area contributed by atoms with Crippen molar-refractivity contribution in [1.29, 1.82) is 0 Å². The molecule has 1 aromatic rings. The van der Waals surface area contributed by atoms with Crippen LogP contribution >= 0.6 is 0 Å². The number of methoxy groups -OCH3 is 1. The molecule has 1 N–H and O–H groups in total. The molecule has 1 fully saturated rings. The van der Waals surface area contributed by atoms with Crippen molar-refractivity contribution < 1.29 is 14.6 Å². The van der Waals surface area contributed by atoms with Gasteiger partial charge >= 0.3 is 5.97 Å². The lowest BCUT2D eigenvalue weighted by atomic mass is 9.95. The molecule has 0 aromatic carbocycles. The molecule has 1 unspecified atom stereocenters. The first kappa shape index (κ1) is 13.8. The molecule has 5 nitrogen and oxygen atoms in total. The molecule has 2 heterocycles. The lowest BCUT2D eigenvalue weighted by molar-refractivity contribution is 0.0594. The fraction of sp³-hybridized carbons (Fsp3) is 0.571. The third-order valence-electron chi connectivity index (χ3n) is 3.56. The van der Waals surface area contributed by atoms with Crippen LogP contribution in [-0.4, -0.2) is 42.9 Å². The second kappa shape index (κ2) is 6.52.